The van der Waals surface area contributed by atoms with Gasteiger partial charge in [-0.05, 0) is 81.7 Å². The van der Waals surface area contributed by atoms with Crippen LogP contribution in [0, 0.1) is 0 Å². The molecule has 34 heavy (non-hydrogen) atoms. The molecule has 1 aromatic carbocycles. The maximum Gasteiger partial charge on any atom is 0.318 e. The maximum atomic E-state index is 13.5. The maximum absolute atomic E-state index is 13.5. The van der Waals surface area contributed by atoms with Crippen molar-refractivity contribution in [3.63, 3.8) is 0 Å². The molecule has 2 aromatic rings. The Morgan fingerprint density at radius 2 is 1.82 bits per heavy atom. The van der Waals surface area contributed by atoms with Crippen LogP contribution in [0.3, 0.4) is 0 Å². The van der Waals surface area contributed by atoms with E-state index in [4.69, 9.17) is 4.74 Å². The van der Waals surface area contributed by atoms with E-state index in [0.29, 0.717) is 19.1 Å². The van der Waals surface area contributed by atoms with Crippen LogP contribution in [0.25, 0.3) is 0 Å². The third-order valence-electron chi connectivity index (χ3n) is 6.04. The van der Waals surface area contributed by atoms with Gasteiger partial charge in [0.2, 0.25) is 5.91 Å². The standard InChI is InChI=1S/C27H39N3O3S/c1-18(2)20-8-10-21(11-9-20)33-17-23-22-13-15-34-24(22)12-14-29(23)25(31)16-30(19(3)4)26(32)28-27(5,6)7/h8-11,13,15,18-19,23H,12,14,16-17H2,1-7H3,(H,28,32)/t23-/m1/s1. The number of hydrogen-bond acceptors (Lipinski definition) is 4. The quantitative estimate of drug-likeness (QED) is 0.556. The van der Waals surface area contributed by atoms with Crippen LogP contribution in [0.1, 0.15) is 76.4 Å². The number of thiophene rings is 1. The van der Waals surface area contributed by atoms with Crippen molar-refractivity contribution in [3.8, 4) is 5.75 Å². The summed E-state index contributed by atoms with van der Waals surface area (Å²) in [5.74, 6) is 1.21. The van der Waals surface area contributed by atoms with Crippen LogP contribution in [0.2, 0.25) is 0 Å². The van der Waals surface area contributed by atoms with Gasteiger partial charge in [0.1, 0.15) is 18.9 Å². The lowest BCUT2D eigenvalue weighted by Crippen LogP contribution is -2.54. The van der Waals surface area contributed by atoms with Crippen molar-refractivity contribution in [1.29, 1.82) is 0 Å². The highest BCUT2D eigenvalue weighted by Gasteiger charge is 2.34. The lowest BCUT2D eigenvalue weighted by atomic mass is 10.00. The first-order valence-electron chi connectivity index (χ1n) is 12.1. The molecule has 1 aliphatic heterocycles. The van der Waals surface area contributed by atoms with E-state index in [1.165, 1.54) is 10.4 Å². The fourth-order valence-corrected chi connectivity index (χ4v) is 5.04. The van der Waals surface area contributed by atoms with Crippen LogP contribution < -0.4 is 10.1 Å². The van der Waals surface area contributed by atoms with Gasteiger partial charge < -0.3 is 19.9 Å². The number of hydrogen-bond donors (Lipinski definition) is 1. The predicted molar refractivity (Wildman–Crippen MR) is 139 cm³/mol. The van der Waals surface area contributed by atoms with E-state index in [-0.39, 0.29) is 36.1 Å². The van der Waals surface area contributed by atoms with Gasteiger partial charge in [0.05, 0.1) is 6.04 Å². The number of nitrogens with one attached hydrogen (secondary N) is 1. The number of carbonyl (C=O) groups excluding carboxylic acids is 2. The molecule has 1 N–H and O–H groups in total. The second-order valence-corrected chi connectivity index (χ2v) is 11.6. The molecule has 0 aliphatic carbocycles. The van der Waals surface area contributed by atoms with Crippen LogP contribution in [0.4, 0.5) is 4.79 Å². The van der Waals surface area contributed by atoms with Crippen LogP contribution in [0.15, 0.2) is 35.7 Å². The number of benzene rings is 1. The molecule has 0 radical (unpaired) electrons. The summed E-state index contributed by atoms with van der Waals surface area (Å²) in [4.78, 5) is 31.2. The largest absolute Gasteiger partial charge is 0.491 e. The Morgan fingerprint density at radius 1 is 1.15 bits per heavy atom. The van der Waals surface area contributed by atoms with E-state index >= 15 is 0 Å². The zero-order valence-electron chi connectivity index (χ0n) is 21.6. The molecule has 1 atom stereocenters. The van der Waals surface area contributed by atoms with Crippen molar-refractivity contribution in [2.75, 3.05) is 19.7 Å². The highest BCUT2D eigenvalue weighted by molar-refractivity contribution is 7.10. The Balaban J connectivity index is 1.75. The molecule has 2 heterocycles. The first-order chi connectivity index (χ1) is 16.0. The van der Waals surface area contributed by atoms with Gasteiger partial charge in [-0.3, -0.25) is 4.79 Å². The van der Waals surface area contributed by atoms with Gasteiger partial charge in [-0.25, -0.2) is 4.79 Å². The van der Waals surface area contributed by atoms with E-state index in [2.05, 4.69) is 42.7 Å². The molecule has 0 saturated carbocycles. The Labute approximate surface area is 208 Å². The Kier molecular flexibility index (Phi) is 8.29. The fourth-order valence-electron chi connectivity index (χ4n) is 4.12. The smallest absolute Gasteiger partial charge is 0.318 e. The molecule has 0 unspecified atom stereocenters. The predicted octanol–water partition coefficient (Wildman–Crippen LogP) is 5.59. The Morgan fingerprint density at radius 3 is 2.41 bits per heavy atom. The fraction of sp³-hybridized carbons (Fsp3) is 0.556. The molecule has 3 rings (SSSR count). The van der Waals surface area contributed by atoms with Gasteiger partial charge in [0, 0.05) is 23.0 Å². The zero-order chi connectivity index (χ0) is 25.0. The molecule has 0 saturated heterocycles. The van der Waals surface area contributed by atoms with Crippen molar-refractivity contribution in [3.05, 3.63) is 51.7 Å². The minimum Gasteiger partial charge on any atom is -0.491 e. The molecule has 7 heteroatoms. The number of fused-ring (bicyclic) bond motifs is 1. The molecular formula is C27H39N3O3S. The minimum absolute atomic E-state index is 0.0403. The summed E-state index contributed by atoms with van der Waals surface area (Å²) in [6.07, 6.45) is 0.828. The van der Waals surface area contributed by atoms with Gasteiger partial charge in [-0.2, -0.15) is 0 Å². The summed E-state index contributed by atoms with van der Waals surface area (Å²) >= 11 is 1.73. The summed E-state index contributed by atoms with van der Waals surface area (Å²) in [5.41, 5.74) is 2.05. The van der Waals surface area contributed by atoms with Crippen molar-refractivity contribution in [1.82, 2.24) is 15.1 Å². The summed E-state index contributed by atoms with van der Waals surface area (Å²) in [7, 11) is 0. The zero-order valence-corrected chi connectivity index (χ0v) is 22.4. The molecule has 186 valence electrons. The van der Waals surface area contributed by atoms with Gasteiger partial charge in [0.25, 0.3) is 0 Å². The SMILES string of the molecule is CC(C)c1ccc(OC[C@@H]2c3ccsc3CCN2C(=O)CN(C(=O)NC(C)(C)C)C(C)C)cc1. The van der Waals surface area contributed by atoms with Crippen molar-refractivity contribution in [2.24, 2.45) is 0 Å². The van der Waals surface area contributed by atoms with Gasteiger partial charge in [-0.1, -0.05) is 26.0 Å². The first kappa shape index (κ1) is 26.1. The summed E-state index contributed by atoms with van der Waals surface area (Å²) in [6, 6.07) is 9.78. The Bertz CT molecular complexity index is 976. The van der Waals surface area contributed by atoms with Gasteiger partial charge >= 0.3 is 6.03 Å². The van der Waals surface area contributed by atoms with Crippen LogP contribution in [-0.2, 0) is 11.2 Å². The molecule has 6 nitrogen and oxygen atoms in total. The van der Waals surface area contributed by atoms with E-state index in [1.807, 2.05) is 51.7 Å². The summed E-state index contributed by atoms with van der Waals surface area (Å²) in [6.45, 7) is 15.1. The monoisotopic (exact) mass is 485 g/mol. The Hall–Kier alpha value is -2.54. The highest BCUT2D eigenvalue weighted by Crippen LogP contribution is 2.34. The van der Waals surface area contributed by atoms with E-state index in [9.17, 15) is 9.59 Å². The van der Waals surface area contributed by atoms with Gasteiger partial charge in [-0.15, -0.1) is 11.3 Å². The van der Waals surface area contributed by atoms with Crippen LogP contribution >= 0.6 is 11.3 Å². The molecule has 0 spiro atoms. The molecule has 0 fully saturated rings. The van der Waals surface area contributed by atoms with Crippen LogP contribution in [-0.4, -0.2) is 53.0 Å². The van der Waals surface area contributed by atoms with Crippen LogP contribution in [0.5, 0.6) is 5.75 Å². The van der Waals surface area contributed by atoms with E-state index in [0.717, 1.165) is 17.7 Å². The number of carbonyl (C=O) groups is 2. The molecule has 0 bridgehead atoms. The van der Waals surface area contributed by atoms with E-state index in [1.54, 1.807) is 16.2 Å². The second-order valence-electron chi connectivity index (χ2n) is 10.6. The first-order valence-corrected chi connectivity index (χ1v) is 13.0. The van der Waals surface area contributed by atoms with Crippen molar-refractivity contribution >= 4 is 23.3 Å². The second kappa shape index (κ2) is 10.8. The van der Waals surface area contributed by atoms with E-state index < -0.39 is 0 Å². The summed E-state index contributed by atoms with van der Waals surface area (Å²) < 4.78 is 6.17. The lowest BCUT2D eigenvalue weighted by Gasteiger charge is -2.38. The highest BCUT2D eigenvalue weighted by atomic mass is 32.1. The normalized spacial score (nSPS) is 15.9. The number of rotatable bonds is 7. The third-order valence-corrected chi connectivity index (χ3v) is 7.04. The molecular weight excluding hydrogens is 446 g/mol. The topological polar surface area (TPSA) is 61.9 Å². The number of urea groups is 1. The number of nitrogens with zero attached hydrogens (tertiary/aromatic N) is 2. The average molecular weight is 486 g/mol. The summed E-state index contributed by atoms with van der Waals surface area (Å²) in [5, 5.41) is 5.07. The van der Waals surface area contributed by atoms with Gasteiger partial charge in [0.15, 0.2) is 0 Å². The molecule has 1 aliphatic rings. The molecule has 3 amide bonds. The minimum atomic E-state index is -0.370. The third kappa shape index (κ3) is 6.53. The van der Waals surface area contributed by atoms with Crippen molar-refractivity contribution in [2.45, 2.75) is 78.4 Å². The lowest BCUT2D eigenvalue weighted by molar-refractivity contribution is -0.135. The number of ether oxygens (including phenoxy) is 1. The average Bonchev–Trinajstić information content (AvgIpc) is 3.23. The van der Waals surface area contributed by atoms with Crippen molar-refractivity contribution < 1.29 is 14.3 Å². The molecule has 1 aromatic heterocycles. The number of amides is 3.